The number of hydrogen-bond donors (Lipinski definition) is 2. The molecular formula is C62H72ClN5O4S. The Kier molecular flexibility index (Phi) is 21.4. The number of halogens is 1. The normalized spacial score (nSPS) is 19.9. The Morgan fingerprint density at radius 1 is 0.521 bits per heavy atom. The van der Waals surface area contributed by atoms with Gasteiger partial charge in [-0.15, -0.1) is 0 Å². The molecule has 0 spiro atoms. The van der Waals surface area contributed by atoms with Crippen molar-refractivity contribution in [2.75, 3.05) is 45.0 Å². The lowest BCUT2D eigenvalue weighted by atomic mass is 9.84. The van der Waals surface area contributed by atoms with Crippen LogP contribution in [0.5, 0.6) is 0 Å². The highest BCUT2D eigenvalue weighted by Crippen LogP contribution is 2.41. The minimum absolute atomic E-state index is 0. The van der Waals surface area contributed by atoms with Crippen LogP contribution in [0.1, 0.15) is 109 Å². The first-order valence-corrected chi connectivity index (χ1v) is 27.3. The van der Waals surface area contributed by atoms with Gasteiger partial charge in [0.1, 0.15) is 0 Å². The molecule has 3 saturated heterocycles. The summed E-state index contributed by atoms with van der Waals surface area (Å²) in [5.41, 5.74) is 8.50. The number of aromatic nitrogens is 1. The molecule has 0 aliphatic carbocycles. The first kappa shape index (κ1) is 55.7. The van der Waals surface area contributed by atoms with E-state index >= 15 is 0 Å². The minimum Gasteiger partial charge on any atom is -0.332 e. The minimum atomic E-state index is -3.28. The van der Waals surface area contributed by atoms with Crippen LogP contribution in [0.25, 0.3) is 0 Å². The zero-order chi connectivity index (χ0) is 50.7. The summed E-state index contributed by atoms with van der Waals surface area (Å²) in [4.78, 5) is 32.4. The van der Waals surface area contributed by atoms with Gasteiger partial charge in [-0.1, -0.05) is 217 Å². The zero-order valence-corrected chi connectivity index (χ0v) is 43.2. The number of benzene rings is 6. The third-order valence-corrected chi connectivity index (χ3v) is 15.7. The van der Waals surface area contributed by atoms with Gasteiger partial charge < -0.3 is 20.4 Å². The van der Waals surface area contributed by atoms with Gasteiger partial charge in [0.05, 0.1) is 22.9 Å². The number of hydrogen-bond acceptors (Lipinski definition) is 6. The number of likely N-dealkylation sites (tertiary alicyclic amines) is 2. The van der Waals surface area contributed by atoms with Crippen LogP contribution in [0.4, 0.5) is 9.59 Å². The van der Waals surface area contributed by atoms with Crippen LogP contribution in [0.2, 0.25) is 0 Å². The number of nitrogens with one attached hydrogen (secondary N) is 2. The van der Waals surface area contributed by atoms with E-state index in [2.05, 4.69) is 139 Å². The predicted octanol–water partition coefficient (Wildman–Crippen LogP) is 13.4. The van der Waals surface area contributed by atoms with Crippen molar-refractivity contribution in [1.82, 2.24) is 25.4 Å². The molecule has 73 heavy (non-hydrogen) atoms. The molecule has 9 nitrogen and oxygen atoms in total. The largest absolute Gasteiger partial charge is 0.332 e. The van der Waals surface area contributed by atoms with Crippen molar-refractivity contribution < 1.29 is 18.0 Å². The zero-order valence-electron chi connectivity index (χ0n) is 41.6. The number of carbonyl (C=O) groups is 2. The first-order valence-electron chi connectivity index (χ1n) is 25.2. The molecule has 0 radical (unpaired) electrons. The molecule has 3 fully saturated rings. The highest BCUT2D eigenvalue weighted by Gasteiger charge is 2.38. The van der Waals surface area contributed by atoms with Gasteiger partial charge in [0, 0.05) is 81.0 Å². The highest BCUT2D eigenvalue weighted by atomic mass is 35.5. The van der Waals surface area contributed by atoms with Gasteiger partial charge in [0.15, 0.2) is 9.84 Å². The molecule has 3 aliphatic rings. The topological polar surface area (TPSA) is 112 Å². The second kappa shape index (κ2) is 28.0. The summed E-state index contributed by atoms with van der Waals surface area (Å²) < 4.78 is 23.9. The molecular weight excluding hydrogens is 946 g/mol. The van der Waals surface area contributed by atoms with E-state index in [-0.39, 0.29) is 47.9 Å². The molecule has 6 atom stereocenters. The molecule has 2 N–H and O–H groups in total. The number of nitrogens with zero attached hydrogens (tertiary/aromatic N) is 3. The van der Waals surface area contributed by atoms with E-state index < -0.39 is 9.84 Å². The second-order valence-electron chi connectivity index (χ2n) is 18.6. The lowest BCUT2D eigenvalue weighted by Gasteiger charge is -2.19. The first-order chi connectivity index (χ1) is 35.1. The Bertz CT molecular complexity index is 2670. The molecule has 7 aromatic rings. The summed E-state index contributed by atoms with van der Waals surface area (Å²) in [7, 11) is -3.28. The summed E-state index contributed by atoms with van der Waals surface area (Å²) in [6.07, 6.45) is 2.60. The fraction of sp³-hybridized carbons (Fsp3) is 0.306. The molecule has 6 aromatic carbocycles. The fourth-order valence-corrected chi connectivity index (χ4v) is 11.0. The van der Waals surface area contributed by atoms with Gasteiger partial charge in [0.25, 0.3) is 0 Å². The van der Waals surface area contributed by atoms with E-state index in [1.807, 2.05) is 77.7 Å². The molecule has 4 heterocycles. The molecule has 382 valence electrons. The summed E-state index contributed by atoms with van der Waals surface area (Å²) in [5.74, 6) is 2.31. The smallest absolute Gasteiger partial charge is 0.317 e. The summed E-state index contributed by atoms with van der Waals surface area (Å²) in [6.45, 7) is 10.9. The third-order valence-electron chi connectivity index (χ3n) is 13.7. The summed E-state index contributed by atoms with van der Waals surface area (Å²) in [5, 5.41) is 6.09. The van der Waals surface area contributed by atoms with Crippen LogP contribution >= 0.6 is 11.6 Å². The van der Waals surface area contributed by atoms with E-state index in [9.17, 15) is 18.0 Å². The maximum absolute atomic E-state index is 12.9. The number of urea groups is 1. The standard InChI is InChI=1S/C25H27N3O3S.C17H16ClNO.C16H17N.C3H8.CH4/c1-2-32(30,31)22-14-13-21(26-16-22)15-27-25(29)28-17-23(19-9-5-3-6-10-19)24(18-28)20-11-7-4-8-12-20;18-17(20)19-11-15(13-7-3-1-4-8-13)16(12-19)14-9-5-2-6-10-14;1-3-7-13(8-4-1)15-11-17-12-16(15)14-9-5-2-6-10-14;1-3-2;/h3-14,16,23-24H,2,15,17-18H2,1H3,(H,27,29);1-10,15-16H,11-12H2;1-10,15-17H,11-12H2;3H2,1-2H3;1H4. The molecule has 10 rings (SSSR count). The predicted molar refractivity (Wildman–Crippen MR) is 299 cm³/mol. The van der Waals surface area contributed by atoms with E-state index in [1.165, 1.54) is 46.0 Å². The summed E-state index contributed by atoms with van der Waals surface area (Å²) >= 11 is 5.68. The van der Waals surface area contributed by atoms with Crippen molar-refractivity contribution in [3.05, 3.63) is 239 Å². The van der Waals surface area contributed by atoms with Gasteiger partial charge in [-0.05, 0) is 57.1 Å². The number of amides is 3. The highest BCUT2D eigenvalue weighted by molar-refractivity contribution is 7.91. The third kappa shape index (κ3) is 15.2. The lowest BCUT2D eigenvalue weighted by molar-refractivity contribution is 0.207. The van der Waals surface area contributed by atoms with Crippen LogP contribution in [0.15, 0.2) is 205 Å². The second-order valence-corrected chi connectivity index (χ2v) is 21.2. The number of sulfone groups is 1. The Morgan fingerprint density at radius 3 is 1.12 bits per heavy atom. The Labute approximate surface area is 440 Å². The molecule has 0 bridgehead atoms. The van der Waals surface area contributed by atoms with Gasteiger partial charge in [-0.3, -0.25) is 9.78 Å². The van der Waals surface area contributed by atoms with Crippen molar-refractivity contribution in [2.45, 2.75) is 81.6 Å². The number of rotatable bonds is 10. The molecule has 11 heteroatoms. The number of carbonyl (C=O) groups excluding carboxylic acids is 2. The summed E-state index contributed by atoms with van der Waals surface area (Å²) in [6, 6.07) is 66.1. The van der Waals surface area contributed by atoms with Gasteiger partial charge >= 0.3 is 11.4 Å². The molecule has 1 aromatic heterocycles. The maximum atomic E-state index is 12.9. The molecule has 3 amide bonds. The number of pyridine rings is 1. The quantitative estimate of drug-likeness (QED) is 0.104. The molecule has 6 unspecified atom stereocenters. The van der Waals surface area contributed by atoms with Gasteiger partial charge in [-0.25, -0.2) is 13.2 Å². The van der Waals surface area contributed by atoms with Crippen LogP contribution in [0.3, 0.4) is 0 Å². The van der Waals surface area contributed by atoms with Crippen LogP contribution in [0, 0.1) is 0 Å². The fourth-order valence-electron chi connectivity index (χ4n) is 9.99. The van der Waals surface area contributed by atoms with Gasteiger partial charge in [-0.2, -0.15) is 0 Å². The van der Waals surface area contributed by atoms with E-state index in [1.54, 1.807) is 24.0 Å². The lowest BCUT2D eigenvalue weighted by Crippen LogP contribution is -2.38. The van der Waals surface area contributed by atoms with Crippen LogP contribution in [-0.4, -0.2) is 79.6 Å². The average molecular weight is 1020 g/mol. The average Bonchev–Trinajstić information content (AvgIpc) is 4.23. The SMILES string of the molecule is C.CCC.CCS(=O)(=O)c1ccc(CNC(=O)N2CC(c3ccccc3)C(c3ccccc3)C2)nc1.O=C(Cl)N1CC(c2ccccc2)C(c2ccccc2)C1.c1ccc(C2CNCC2c2ccccc2)cc1. The Morgan fingerprint density at radius 2 is 0.836 bits per heavy atom. The van der Waals surface area contributed by atoms with Crippen molar-refractivity contribution in [2.24, 2.45) is 0 Å². The molecule has 0 saturated carbocycles. The van der Waals surface area contributed by atoms with Crippen LogP contribution in [-0.2, 0) is 16.4 Å². The maximum Gasteiger partial charge on any atom is 0.317 e. The van der Waals surface area contributed by atoms with Crippen molar-refractivity contribution in [1.29, 1.82) is 0 Å². The van der Waals surface area contributed by atoms with Crippen molar-refractivity contribution in [3.8, 4) is 0 Å². The van der Waals surface area contributed by atoms with E-state index in [4.69, 9.17) is 11.6 Å². The Balaban J connectivity index is 0.000000182. The van der Waals surface area contributed by atoms with Crippen LogP contribution < -0.4 is 10.6 Å². The van der Waals surface area contributed by atoms with Crippen molar-refractivity contribution in [3.63, 3.8) is 0 Å². The van der Waals surface area contributed by atoms with E-state index in [0.29, 0.717) is 55.5 Å². The van der Waals surface area contributed by atoms with Gasteiger partial charge in [0.2, 0.25) is 0 Å². The van der Waals surface area contributed by atoms with Crippen molar-refractivity contribution >= 4 is 32.8 Å². The monoisotopic (exact) mass is 1020 g/mol. The van der Waals surface area contributed by atoms with E-state index in [0.717, 1.165) is 13.1 Å². The molecule has 3 aliphatic heterocycles. The Hall–Kier alpha value is -6.59.